The first-order valence-corrected chi connectivity index (χ1v) is 11.6. The maximum absolute atomic E-state index is 14.5. The van der Waals surface area contributed by atoms with Gasteiger partial charge in [-0.15, -0.1) is 10.2 Å². The number of nitrogens with zero attached hydrogens (tertiary/aromatic N) is 4. The minimum atomic E-state index is -0.357. The Morgan fingerprint density at radius 1 is 0.939 bits per heavy atom. The molecule has 0 aliphatic heterocycles. The lowest BCUT2D eigenvalue weighted by Gasteiger charge is -2.17. The van der Waals surface area contributed by atoms with Crippen molar-refractivity contribution in [3.63, 3.8) is 0 Å². The van der Waals surface area contributed by atoms with Gasteiger partial charge in [-0.05, 0) is 30.2 Å². The highest BCUT2D eigenvalue weighted by atomic mass is 32.2. The van der Waals surface area contributed by atoms with Gasteiger partial charge in [-0.3, -0.25) is 9.36 Å². The Kier molecular flexibility index (Phi) is 7.19. The molecule has 0 N–H and O–H groups in total. The third-order valence-electron chi connectivity index (χ3n) is 5.31. The molecule has 0 saturated carbocycles. The molecule has 0 bridgehead atoms. The molecule has 5 nitrogen and oxygen atoms in total. The number of benzene rings is 3. The van der Waals surface area contributed by atoms with Crippen LogP contribution in [-0.2, 0) is 17.9 Å². The van der Waals surface area contributed by atoms with Crippen LogP contribution in [0.1, 0.15) is 16.7 Å². The number of amides is 1. The van der Waals surface area contributed by atoms with Crippen LogP contribution in [0.15, 0.2) is 84.0 Å². The molecule has 1 aromatic heterocycles. The average molecular weight is 461 g/mol. The van der Waals surface area contributed by atoms with Gasteiger partial charge in [0.1, 0.15) is 5.82 Å². The zero-order chi connectivity index (χ0) is 23.2. The lowest BCUT2D eigenvalue weighted by Crippen LogP contribution is -2.27. The molecule has 0 unspecified atom stereocenters. The smallest absolute Gasteiger partial charge is 0.233 e. The topological polar surface area (TPSA) is 51.0 Å². The molecular formula is C26H25FN4OS. The van der Waals surface area contributed by atoms with E-state index in [0.29, 0.717) is 29.6 Å². The Labute approximate surface area is 197 Å². The summed E-state index contributed by atoms with van der Waals surface area (Å²) in [5, 5.41) is 9.14. The standard InChI is InChI=1S/C26H25FN4OS/c1-19-12-14-21(15-13-19)16-30(2)24(32)18-33-26-29-28-25(22-10-6-7-11-23(22)27)31(26)17-20-8-4-3-5-9-20/h3-15H,16-18H2,1-2H3. The third kappa shape index (κ3) is 5.68. The number of halogens is 1. The summed E-state index contributed by atoms with van der Waals surface area (Å²) in [6, 6.07) is 24.5. The SMILES string of the molecule is Cc1ccc(CN(C)C(=O)CSc2nnc(-c3ccccc3F)n2Cc2ccccc2)cc1. The molecule has 1 amide bonds. The molecule has 33 heavy (non-hydrogen) atoms. The maximum Gasteiger partial charge on any atom is 0.233 e. The van der Waals surface area contributed by atoms with E-state index < -0.39 is 0 Å². The summed E-state index contributed by atoms with van der Waals surface area (Å²) >= 11 is 1.31. The summed E-state index contributed by atoms with van der Waals surface area (Å²) in [7, 11) is 1.79. The van der Waals surface area contributed by atoms with Crippen LogP contribution in [0.5, 0.6) is 0 Å². The van der Waals surface area contributed by atoms with Gasteiger partial charge in [-0.25, -0.2) is 4.39 Å². The molecule has 0 radical (unpaired) electrons. The number of hydrogen-bond donors (Lipinski definition) is 0. The van der Waals surface area contributed by atoms with Crippen LogP contribution < -0.4 is 0 Å². The first-order valence-electron chi connectivity index (χ1n) is 10.7. The minimum absolute atomic E-state index is 0.0118. The van der Waals surface area contributed by atoms with Crippen molar-refractivity contribution in [2.75, 3.05) is 12.8 Å². The van der Waals surface area contributed by atoms with Gasteiger partial charge in [0.2, 0.25) is 5.91 Å². The van der Waals surface area contributed by atoms with Crippen LogP contribution in [0.25, 0.3) is 11.4 Å². The summed E-state index contributed by atoms with van der Waals surface area (Å²) in [5.74, 6) is 0.291. The van der Waals surface area contributed by atoms with Crippen LogP contribution in [0, 0.1) is 12.7 Å². The number of thioether (sulfide) groups is 1. The van der Waals surface area contributed by atoms with E-state index in [0.717, 1.165) is 11.1 Å². The molecule has 0 saturated heterocycles. The van der Waals surface area contributed by atoms with Gasteiger partial charge in [0.25, 0.3) is 0 Å². The van der Waals surface area contributed by atoms with Crippen LogP contribution in [0.4, 0.5) is 4.39 Å². The Bertz CT molecular complexity index is 1220. The molecule has 4 rings (SSSR count). The Hall–Kier alpha value is -3.45. The fourth-order valence-corrected chi connectivity index (χ4v) is 4.32. The van der Waals surface area contributed by atoms with Crippen LogP contribution >= 0.6 is 11.8 Å². The van der Waals surface area contributed by atoms with Crippen LogP contribution in [0.3, 0.4) is 0 Å². The second-order valence-corrected chi connectivity index (χ2v) is 8.82. The normalized spacial score (nSPS) is 10.9. The maximum atomic E-state index is 14.5. The van der Waals surface area contributed by atoms with Crippen molar-refractivity contribution in [1.82, 2.24) is 19.7 Å². The highest BCUT2D eigenvalue weighted by molar-refractivity contribution is 7.99. The highest BCUT2D eigenvalue weighted by Gasteiger charge is 2.19. The fraction of sp³-hybridized carbons (Fsp3) is 0.192. The number of hydrogen-bond acceptors (Lipinski definition) is 4. The molecule has 7 heteroatoms. The van der Waals surface area contributed by atoms with Crippen molar-refractivity contribution in [3.8, 4) is 11.4 Å². The molecule has 0 atom stereocenters. The largest absolute Gasteiger partial charge is 0.341 e. The molecule has 0 aliphatic carbocycles. The molecule has 0 spiro atoms. The summed E-state index contributed by atoms with van der Waals surface area (Å²) in [4.78, 5) is 14.5. The van der Waals surface area contributed by atoms with Gasteiger partial charge in [0.05, 0.1) is 17.9 Å². The van der Waals surface area contributed by atoms with Gasteiger partial charge < -0.3 is 4.90 Å². The highest BCUT2D eigenvalue weighted by Crippen LogP contribution is 2.27. The number of aromatic nitrogens is 3. The molecule has 1 heterocycles. The Balaban J connectivity index is 1.52. The first kappa shape index (κ1) is 22.7. The van der Waals surface area contributed by atoms with Gasteiger partial charge in [-0.1, -0.05) is 84.1 Å². The third-order valence-corrected chi connectivity index (χ3v) is 6.26. The lowest BCUT2D eigenvalue weighted by molar-refractivity contribution is -0.127. The molecule has 3 aromatic carbocycles. The van der Waals surface area contributed by atoms with E-state index in [2.05, 4.69) is 10.2 Å². The second kappa shape index (κ2) is 10.4. The van der Waals surface area contributed by atoms with Crippen LogP contribution in [0.2, 0.25) is 0 Å². The zero-order valence-electron chi connectivity index (χ0n) is 18.6. The monoisotopic (exact) mass is 460 g/mol. The van der Waals surface area contributed by atoms with E-state index >= 15 is 0 Å². The van der Waals surface area contributed by atoms with Crippen molar-refractivity contribution in [1.29, 1.82) is 0 Å². The number of aryl methyl sites for hydroxylation is 1. The summed E-state index contributed by atoms with van der Waals surface area (Å²) in [6.07, 6.45) is 0. The van der Waals surface area contributed by atoms with Crippen molar-refractivity contribution < 1.29 is 9.18 Å². The fourth-order valence-electron chi connectivity index (χ4n) is 3.44. The molecule has 0 aliphatic rings. The van der Waals surface area contributed by atoms with Crippen molar-refractivity contribution in [2.24, 2.45) is 0 Å². The van der Waals surface area contributed by atoms with Crippen LogP contribution in [-0.4, -0.2) is 38.4 Å². The minimum Gasteiger partial charge on any atom is -0.341 e. The zero-order valence-corrected chi connectivity index (χ0v) is 19.4. The first-order chi connectivity index (χ1) is 16.0. The van der Waals surface area contributed by atoms with E-state index in [1.165, 1.54) is 23.4 Å². The summed E-state index contributed by atoms with van der Waals surface area (Å²) in [6.45, 7) is 3.06. The summed E-state index contributed by atoms with van der Waals surface area (Å²) < 4.78 is 16.4. The van der Waals surface area contributed by atoms with E-state index in [1.807, 2.05) is 66.1 Å². The molecular weight excluding hydrogens is 435 g/mol. The number of carbonyl (C=O) groups is 1. The van der Waals surface area contributed by atoms with Gasteiger partial charge >= 0.3 is 0 Å². The van der Waals surface area contributed by atoms with E-state index in [9.17, 15) is 9.18 Å². The van der Waals surface area contributed by atoms with Crippen molar-refractivity contribution in [3.05, 3.63) is 101 Å². The quantitative estimate of drug-likeness (QED) is 0.340. The molecule has 168 valence electrons. The summed E-state index contributed by atoms with van der Waals surface area (Å²) in [5.41, 5.74) is 3.69. The van der Waals surface area contributed by atoms with Gasteiger partial charge in [-0.2, -0.15) is 0 Å². The van der Waals surface area contributed by atoms with Crippen molar-refractivity contribution in [2.45, 2.75) is 25.2 Å². The second-order valence-electron chi connectivity index (χ2n) is 7.88. The van der Waals surface area contributed by atoms with E-state index in [-0.39, 0.29) is 17.5 Å². The van der Waals surface area contributed by atoms with Crippen molar-refractivity contribution >= 4 is 17.7 Å². The number of rotatable bonds is 8. The average Bonchev–Trinajstić information content (AvgIpc) is 3.22. The molecule has 4 aromatic rings. The van der Waals surface area contributed by atoms with E-state index in [1.54, 1.807) is 30.1 Å². The Morgan fingerprint density at radius 2 is 1.64 bits per heavy atom. The lowest BCUT2D eigenvalue weighted by atomic mass is 10.1. The Morgan fingerprint density at radius 3 is 2.36 bits per heavy atom. The molecule has 0 fully saturated rings. The van der Waals surface area contributed by atoms with Gasteiger partial charge in [0, 0.05) is 13.6 Å². The van der Waals surface area contributed by atoms with Gasteiger partial charge in [0.15, 0.2) is 11.0 Å². The number of carbonyl (C=O) groups excluding carboxylic acids is 1. The predicted molar refractivity (Wildman–Crippen MR) is 129 cm³/mol. The van der Waals surface area contributed by atoms with E-state index in [4.69, 9.17) is 0 Å². The predicted octanol–water partition coefficient (Wildman–Crippen LogP) is 5.19.